The van der Waals surface area contributed by atoms with Gasteiger partial charge in [0.25, 0.3) is 0 Å². The molecule has 1 aromatic carbocycles. The topological polar surface area (TPSA) is 29.5 Å². The molecule has 5 heteroatoms. The van der Waals surface area contributed by atoms with Gasteiger partial charge in [0.2, 0.25) is 0 Å². The summed E-state index contributed by atoms with van der Waals surface area (Å²) >= 11 is 10.7. The molecule has 2 rings (SSSR count). The lowest BCUT2D eigenvalue weighted by Crippen LogP contribution is -1.98. The average molecular weight is 348 g/mol. The fraction of sp³-hybridized carbons (Fsp3) is 0.231. The van der Waals surface area contributed by atoms with Crippen LogP contribution in [0.25, 0.3) is 0 Å². The molecular weight excluding hydrogens is 336 g/mol. The van der Waals surface area contributed by atoms with Crippen LogP contribution in [0.5, 0.6) is 5.75 Å². The summed E-state index contributed by atoms with van der Waals surface area (Å²) in [6.07, 6.45) is -0.687. The van der Waals surface area contributed by atoms with Crippen molar-refractivity contribution in [2.24, 2.45) is 0 Å². The number of thiophene rings is 1. The first-order valence-electron chi connectivity index (χ1n) is 5.30. The Morgan fingerprint density at radius 2 is 2.11 bits per heavy atom. The van der Waals surface area contributed by atoms with E-state index >= 15 is 0 Å². The molecule has 96 valence electrons. The van der Waals surface area contributed by atoms with E-state index in [0.717, 1.165) is 26.2 Å². The van der Waals surface area contributed by atoms with Crippen LogP contribution in [0.4, 0.5) is 0 Å². The first-order chi connectivity index (χ1) is 8.52. The predicted molar refractivity (Wildman–Crippen MR) is 78.8 cm³/mol. The Bertz CT molecular complexity index is 549. The zero-order valence-corrected chi connectivity index (χ0v) is 13.1. The fourth-order valence-corrected chi connectivity index (χ4v) is 3.42. The third-order valence-corrected chi connectivity index (χ3v) is 5.21. The SMILES string of the molecule is COc1cc(C(O)c2cc(Br)c(Cl)s2)ccc1C. The molecule has 0 amide bonds. The number of rotatable bonds is 3. The van der Waals surface area contributed by atoms with E-state index in [-0.39, 0.29) is 0 Å². The first kappa shape index (κ1) is 13.9. The maximum absolute atomic E-state index is 10.3. The van der Waals surface area contributed by atoms with Gasteiger partial charge in [-0.3, -0.25) is 0 Å². The van der Waals surface area contributed by atoms with Gasteiger partial charge in [0, 0.05) is 9.35 Å². The molecule has 1 aromatic heterocycles. The number of aliphatic hydroxyl groups is 1. The van der Waals surface area contributed by atoms with Crippen molar-refractivity contribution in [1.82, 2.24) is 0 Å². The number of aliphatic hydroxyl groups excluding tert-OH is 1. The summed E-state index contributed by atoms with van der Waals surface area (Å²) in [6, 6.07) is 7.51. The Kier molecular flexibility index (Phi) is 4.33. The summed E-state index contributed by atoms with van der Waals surface area (Å²) in [5.41, 5.74) is 1.83. The van der Waals surface area contributed by atoms with Crippen molar-refractivity contribution in [3.8, 4) is 5.75 Å². The van der Waals surface area contributed by atoms with Crippen molar-refractivity contribution in [1.29, 1.82) is 0 Å². The molecule has 0 bridgehead atoms. The fourth-order valence-electron chi connectivity index (χ4n) is 1.67. The first-order valence-corrected chi connectivity index (χ1v) is 7.29. The van der Waals surface area contributed by atoms with Crippen LogP contribution in [-0.2, 0) is 0 Å². The molecule has 0 saturated carbocycles. The number of methoxy groups -OCH3 is 1. The molecule has 0 spiro atoms. The van der Waals surface area contributed by atoms with Crippen LogP contribution in [-0.4, -0.2) is 12.2 Å². The van der Waals surface area contributed by atoms with Crippen molar-refractivity contribution in [2.45, 2.75) is 13.0 Å². The number of hydrogen-bond donors (Lipinski definition) is 1. The zero-order chi connectivity index (χ0) is 13.3. The van der Waals surface area contributed by atoms with Gasteiger partial charge in [0.1, 0.15) is 16.2 Å². The summed E-state index contributed by atoms with van der Waals surface area (Å²) in [7, 11) is 1.62. The Morgan fingerprint density at radius 1 is 1.39 bits per heavy atom. The Hall–Kier alpha value is -0.550. The van der Waals surface area contributed by atoms with Crippen LogP contribution in [0.1, 0.15) is 22.1 Å². The van der Waals surface area contributed by atoms with Crippen LogP contribution in [0.15, 0.2) is 28.7 Å². The third kappa shape index (κ3) is 2.72. The molecule has 18 heavy (non-hydrogen) atoms. The van der Waals surface area contributed by atoms with E-state index in [1.807, 2.05) is 31.2 Å². The molecule has 2 nitrogen and oxygen atoms in total. The summed E-state index contributed by atoms with van der Waals surface area (Å²) in [5.74, 6) is 0.772. The van der Waals surface area contributed by atoms with Gasteiger partial charge in [-0.15, -0.1) is 11.3 Å². The highest BCUT2D eigenvalue weighted by atomic mass is 79.9. The van der Waals surface area contributed by atoms with Crippen LogP contribution in [0, 0.1) is 6.92 Å². The molecule has 0 saturated heterocycles. The molecule has 0 aliphatic carbocycles. The smallest absolute Gasteiger partial charge is 0.122 e. The minimum atomic E-state index is -0.687. The highest BCUT2D eigenvalue weighted by Gasteiger charge is 2.16. The van der Waals surface area contributed by atoms with Crippen molar-refractivity contribution in [2.75, 3.05) is 7.11 Å². The molecule has 1 atom stereocenters. The number of aryl methyl sites for hydroxylation is 1. The largest absolute Gasteiger partial charge is 0.496 e. The lowest BCUT2D eigenvalue weighted by atomic mass is 10.1. The summed E-state index contributed by atoms with van der Waals surface area (Å²) in [6.45, 7) is 1.97. The minimum absolute atomic E-state index is 0.642. The minimum Gasteiger partial charge on any atom is -0.496 e. The predicted octanol–water partition coefficient (Wildman–Crippen LogP) is 4.56. The number of benzene rings is 1. The highest BCUT2D eigenvalue weighted by molar-refractivity contribution is 9.10. The molecule has 0 aliphatic heterocycles. The second-order valence-electron chi connectivity index (χ2n) is 3.90. The molecule has 0 aliphatic rings. The molecule has 0 radical (unpaired) electrons. The van der Waals surface area contributed by atoms with E-state index in [4.69, 9.17) is 16.3 Å². The number of halogens is 2. The van der Waals surface area contributed by atoms with E-state index in [1.54, 1.807) is 7.11 Å². The molecular formula is C13H12BrClO2S. The molecule has 0 fully saturated rings. The van der Waals surface area contributed by atoms with Crippen LogP contribution in [0.3, 0.4) is 0 Å². The molecule has 1 N–H and O–H groups in total. The Labute approximate surface area is 123 Å². The van der Waals surface area contributed by atoms with Gasteiger partial charge in [-0.25, -0.2) is 0 Å². The van der Waals surface area contributed by atoms with Crippen LogP contribution >= 0.6 is 38.9 Å². The maximum atomic E-state index is 10.3. The Balaban J connectivity index is 2.36. The normalized spacial score (nSPS) is 12.5. The van der Waals surface area contributed by atoms with Crippen molar-refractivity contribution in [3.63, 3.8) is 0 Å². The van der Waals surface area contributed by atoms with Gasteiger partial charge in [-0.05, 0) is 46.1 Å². The van der Waals surface area contributed by atoms with E-state index in [0.29, 0.717) is 4.34 Å². The maximum Gasteiger partial charge on any atom is 0.122 e. The van der Waals surface area contributed by atoms with Gasteiger partial charge in [-0.1, -0.05) is 23.7 Å². The standard InChI is InChI=1S/C13H12BrClO2S/c1-7-3-4-8(5-10(7)17-2)12(16)11-6-9(14)13(15)18-11/h3-6,12,16H,1-2H3. The van der Waals surface area contributed by atoms with E-state index in [9.17, 15) is 5.11 Å². The van der Waals surface area contributed by atoms with E-state index in [2.05, 4.69) is 15.9 Å². The second-order valence-corrected chi connectivity index (χ2v) is 6.44. The third-order valence-electron chi connectivity index (χ3n) is 2.68. The number of hydrogen-bond acceptors (Lipinski definition) is 3. The lowest BCUT2D eigenvalue weighted by molar-refractivity contribution is 0.223. The molecule has 1 heterocycles. The van der Waals surface area contributed by atoms with Gasteiger partial charge in [0.05, 0.1) is 7.11 Å². The van der Waals surface area contributed by atoms with Crippen LogP contribution < -0.4 is 4.74 Å². The van der Waals surface area contributed by atoms with Crippen LogP contribution in [0.2, 0.25) is 4.34 Å². The average Bonchev–Trinajstić information content (AvgIpc) is 2.69. The van der Waals surface area contributed by atoms with Crippen molar-refractivity contribution < 1.29 is 9.84 Å². The van der Waals surface area contributed by atoms with Gasteiger partial charge < -0.3 is 9.84 Å². The van der Waals surface area contributed by atoms with Gasteiger partial charge >= 0.3 is 0 Å². The summed E-state index contributed by atoms with van der Waals surface area (Å²) < 4.78 is 6.71. The Morgan fingerprint density at radius 3 is 2.67 bits per heavy atom. The molecule has 2 aromatic rings. The zero-order valence-electron chi connectivity index (χ0n) is 9.91. The van der Waals surface area contributed by atoms with E-state index < -0.39 is 6.10 Å². The number of ether oxygens (including phenoxy) is 1. The van der Waals surface area contributed by atoms with Gasteiger partial charge in [0.15, 0.2) is 0 Å². The van der Waals surface area contributed by atoms with Gasteiger partial charge in [-0.2, -0.15) is 0 Å². The van der Waals surface area contributed by atoms with Crippen molar-refractivity contribution >= 4 is 38.9 Å². The lowest BCUT2D eigenvalue weighted by Gasteiger charge is -2.12. The summed E-state index contributed by atoms with van der Waals surface area (Å²) in [5, 5.41) is 10.3. The highest BCUT2D eigenvalue weighted by Crippen LogP contribution is 2.38. The molecule has 1 unspecified atom stereocenters. The monoisotopic (exact) mass is 346 g/mol. The summed E-state index contributed by atoms with van der Waals surface area (Å²) in [4.78, 5) is 0.804. The van der Waals surface area contributed by atoms with E-state index in [1.165, 1.54) is 11.3 Å². The second kappa shape index (κ2) is 5.61. The van der Waals surface area contributed by atoms with Crippen molar-refractivity contribution in [3.05, 3.63) is 49.1 Å². The quantitative estimate of drug-likeness (QED) is 0.882.